The highest BCUT2D eigenvalue weighted by Gasteiger charge is 2.14. The van der Waals surface area contributed by atoms with E-state index in [1.807, 2.05) is 0 Å². The summed E-state index contributed by atoms with van der Waals surface area (Å²) in [6.45, 7) is 18.9. The molecule has 0 aliphatic carbocycles. The second kappa shape index (κ2) is 13.5. The number of nitrogens with one attached hydrogen (secondary N) is 2. The minimum atomic E-state index is 0.725. The van der Waals surface area contributed by atoms with Gasteiger partial charge in [0.1, 0.15) is 0 Å². The van der Waals surface area contributed by atoms with E-state index in [-0.39, 0.29) is 0 Å². The van der Waals surface area contributed by atoms with Crippen molar-refractivity contribution in [3.63, 3.8) is 0 Å². The number of rotatable bonds is 11. The van der Waals surface area contributed by atoms with Crippen molar-refractivity contribution < 1.29 is 0 Å². The van der Waals surface area contributed by atoms with Crippen molar-refractivity contribution in [3.8, 4) is 0 Å². The van der Waals surface area contributed by atoms with Gasteiger partial charge >= 0.3 is 0 Å². The van der Waals surface area contributed by atoms with E-state index >= 15 is 0 Å². The van der Waals surface area contributed by atoms with E-state index in [2.05, 4.69) is 48.1 Å². The van der Waals surface area contributed by atoms with Crippen LogP contribution in [-0.2, 0) is 0 Å². The van der Waals surface area contributed by atoms with Gasteiger partial charge in [0.25, 0.3) is 0 Å². The van der Waals surface area contributed by atoms with Crippen LogP contribution in [0.1, 0.15) is 53.4 Å². The van der Waals surface area contributed by atoms with E-state index in [0.29, 0.717) is 0 Å². The van der Waals surface area contributed by atoms with E-state index in [4.69, 9.17) is 4.99 Å². The van der Waals surface area contributed by atoms with Gasteiger partial charge in [-0.15, -0.1) is 0 Å². The standard InChI is InChI=1S/C19H41N5/c1-5-9-10-18(6-2)17-22-19(20-7-3)21-11-12-24-15-13-23(8-4)14-16-24/h18H,5-17H2,1-4H3,(H2,20,21,22). The second-order valence-electron chi connectivity index (χ2n) is 6.84. The molecule has 24 heavy (non-hydrogen) atoms. The van der Waals surface area contributed by atoms with Gasteiger partial charge < -0.3 is 15.5 Å². The first-order valence-corrected chi connectivity index (χ1v) is 10.2. The molecule has 0 aromatic carbocycles. The van der Waals surface area contributed by atoms with Crippen molar-refractivity contribution in [2.24, 2.45) is 10.9 Å². The van der Waals surface area contributed by atoms with Crippen molar-refractivity contribution in [1.29, 1.82) is 0 Å². The first kappa shape index (κ1) is 21.2. The summed E-state index contributed by atoms with van der Waals surface area (Å²) < 4.78 is 0. The monoisotopic (exact) mass is 339 g/mol. The zero-order chi connectivity index (χ0) is 17.6. The largest absolute Gasteiger partial charge is 0.357 e. The Morgan fingerprint density at radius 2 is 1.71 bits per heavy atom. The lowest BCUT2D eigenvalue weighted by Crippen LogP contribution is -2.49. The molecule has 0 aromatic heterocycles. The molecular formula is C19H41N5. The average molecular weight is 340 g/mol. The van der Waals surface area contributed by atoms with Gasteiger partial charge in [0, 0.05) is 52.4 Å². The van der Waals surface area contributed by atoms with Gasteiger partial charge in [0.15, 0.2) is 5.96 Å². The molecule has 0 bridgehead atoms. The summed E-state index contributed by atoms with van der Waals surface area (Å²) in [5.41, 5.74) is 0. The summed E-state index contributed by atoms with van der Waals surface area (Å²) in [4.78, 5) is 9.89. The van der Waals surface area contributed by atoms with Crippen LogP contribution in [0.2, 0.25) is 0 Å². The quantitative estimate of drug-likeness (QED) is 0.448. The first-order chi connectivity index (χ1) is 11.7. The number of piperazine rings is 1. The highest BCUT2D eigenvalue weighted by Crippen LogP contribution is 2.12. The van der Waals surface area contributed by atoms with E-state index in [9.17, 15) is 0 Å². The smallest absolute Gasteiger partial charge is 0.191 e. The van der Waals surface area contributed by atoms with Crippen molar-refractivity contribution in [1.82, 2.24) is 20.4 Å². The molecule has 1 unspecified atom stereocenters. The van der Waals surface area contributed by atoms with E-state index in [1.54, 1.807) is 0 Å². The van der Waals surface area contributed by atoms with Crippen LogP contribution in [-0.4, -0.2) is 74.7 Å². The third-order valence-electron chi connectivity index (χ3n) is 5.03. The number of nitrogens with zero attached hydrogens (tertiary/aromatic N) is 3. The molecule has 0 saturated carbocycles. The van der Waals surface area contributed by atoms with Crippen LogP contribution in [0.3, 0.4) is 0 Å². The molecule has 1 fully saturated rings. The van der Waals surface area contributed by atoms with Gasteiger partial charge in [-0.1, -0.05) is 40.0 Å². The van der Waals surface area contributed by atoms with E-state index in [0.717, 1.165) is 38.1 Å². The Kier molecular flexibility index (Phi) is 11.9. The molecule has 1 saturated heterocycles. The highest BCUT2D eigenvalue weighted by molar-refractivity contribution is 5.79. The molecule has 2 N–H and O–H groups in total. The fourth-order valence-electron chi connectivity index (χ4n) is 3.14. The average Bonchev–Trinajstić information content (AvgIpc) is 2.62. The van der Waals surface area contributed by atoms with Crippen LogP contribution >= 0.6 is 0 Å². The fourth-order valence-corrected chi connectivity index (χ4v) is 3.14. The molecule has 0 aromatic rings. The van der Waals surface area contributed by atoms with Gasteiger partial charge in [-0.05, 0) is 25.8 Å². The molecule has 0 radical (unpaired) electrons. The van der Waals surface area contributed by atoms with E-state index < -0.39 is 0 Å². The van der Waals surface area contributed by atoms with Gasteiger partial charge in [0.2, 0.25) is 0 Å². The van der Waals surface area contributed by atoms with Crippen LogP contribution in [0.5, 0.6) is 0 Å². The minimum absolute atomic E-state index is 0.725. The first-order valence-electron chi connectivity index (χ1n) is 10.2. The highest BCUT2D eigenvalue weighted by atomic mass is 15.3. The number of likely N-dealkylation sites (N-methyl/N-ethyl adjacent to an activating group) is 1. The predicted molar refractivity (Wildman–Crippen MR) is 106 cm³/mol. The van der Waals surface area contributed by atoms with Crippen molar-refractivity contribution in [2.45, 2.75) is 53.4 Å². The number of hydrogen-bond acceptors (Lipinski definition) is 3. The summed E-state index contributed by atoms with van der Waals surface area (Å²) in [6, 6.07) is 0. The summed E-state index contributed by atoms with van der Waals surface area (Å²) in [7, 11) is 0. The van der Waals surface area contributed by atoms with Crippen molar-refractivity contribution >= 4 is 5.96 Å². The van der Waals surface area contributed by atoms with E-state index in [1.165, 1.54) is 58.4 Å². The maximum atomic E-state index is 4.81. The van der Waals surface area contributed by atoms with Crippen molar-refractivity contribution in [2.75, 3.05) is 58.9 Å². The number of guanidine groups is 1. The molecule has 0 amide bonds. The summed E-state index contributed by atoms with van der Waals surface area (Å²) in [6.07, 6.45) is 5.13. The molecular weight excluding hydrogens is 298 g/mol. The molecule has 142 valence electrons. The number of hydrogen-bond donors (Lipinski definition) is 2. The Bertz CT molecular complexity index is 324. The minimum Gasteiger partial charge on any atom is -0.357 e. The third kappa shape index (κ3) is 8.88. The molecule has 1 aliphatic rings. The maximum Gasteiger partial charge on any atom is 0.191 e. The summed E-state index contributed by atoms with van der Waals surface area (Å²) in [5.74, 6) is 1.71. The Labute approximate surface area is 150 Å². The Hall–Kier alpha value is -0.810. The Balaban J connectivity index is 2.30. The van der Waals surface area contributed by atoms with Crippen molar-refractivity contribution in [3.05, 3.63) is 0 Å². The lowest BCUT2D eigenvalue weighted by molar-refractivity contribution is 0.139. The lowest BCUT2D eigenvalue weighted by atomic mass is 10.00. The molecule has 1 heterocycles. The normalized spacial score (nSPS) is 18.6. The van der Waals surface area contributed by atoms with Crippen LogP contribution < -0.4 is 10.6 Å². The lowest BCUT2D eigenvalue weighted by Gasteiger charge is -2.34. The van der Waals surface area contributed by atoms with Crippen LogP contribution in [0.25, 0.3) is 0 Å². The fraction of sp³-hybridized carbons (Fsp3) is 0.947. The Morgan fingerprint density at radius 3 is 2.29 bits per heavy atom. The summed E-state index contributed by atoms with van der Waals surface area (Å²) >= 11 is 0. The number of aliphatic imine (C=N–C) groups is 1. The Morgan fingerprint density at radius 1 is 1.00 bits per heavy atom. The van der Waals surface area contributed by atoms with Gasteiger partial charge in [-0.25, -0.2) is 0 Å². The SMILES string of the molecule is CCCCC(CC)CN=C(NCC)NCCN1CCN(CC)CC1. The molecule has 5 nitrogen and oxygen atoms in total. The molecule has 1 rings (SSSR count). The summed E-state index contributed by atoms with van der Waals surface area (Å²) in [5, 5.41) is 6.90. The molecule has 5 heteroatoms. The van der Waals surface area contributed by atoms with Crippen LogP contribution in [0.15, 0.2) is 4.99 Å². The molecule has 0 spiro atoms. The third-order valence-corrected chi connectivity index (χ3v) is 5.03. The van der Waals surface area contributed by atoms with Crippen LogP contribution in [0, 0.1) is 5.92 Å². The molecule has 1 aliphatic heterocycles. The zero-order valence-corrected chi connectivity index (χ0v) is 16.6. The van der Waals surface area contributed by atoms with Crippen LogP contribution in [0.4, 0.5) is 0 Å². The molecule has 1 atom stereocenters. The van der Waals surface area contributed by atoms with Gasteiger partial charge in [-0.3, -0.25) is 9.89 Å². The predicted octanol–water partition coefficient (Wildman–Crippen LogP) is 2.40. The number of unbranched alkanes of at least 4 members (excludes halogenated alkanes) is 1. The maximum absolute atomic E-state index is 4.81. The van der Waals surface area contributed by atoms with Gasteiger partial charge in [-0.2, -0.15) is 0 Å². The zero-order valence-electron chi connectivity index (χ0n) is 16.6. The van der Waals surface area contributed by atoms with Gasteiger partial charge in [0.05, 0.1) is 0 Å². The second-order valence-corrected chi connectivity index (χ2v) is 6.84. The topological polar surface area (TPSA) is 42.9 Å².